The maximum atomic E-state index is 12.5. The van der Waals surface area contributed by atoms with Crippen molar-refractivity contribution in [2.45, 2.75) is 18.8 Å². The van der Waals surface area contributed by atoms with Gasteiger partial charge in [-0.2, -0.15) is 13.2 Å². The third-order valence-corrected chi connectivity index (χ3v) is 3.27. The Morgan fingerprint density at radius 1 is 0.952 bits per heavy atom. The van der Waals surface area contributed by atoms with E-state index in [0.717, 1.165) is 23.3 Å². The molecule has 0 spiro atoms. The Balaban J connectivity index is 2.04. The molecule has 0 bridgehead atoms. The Morgan fingerprint density at radius 3 is 2.10 bits per heavy atom. The zero-order valence-corrected chi connectivity index (χ0v) is 11.4. The zero-order chi connectivity index (χ0) is 15.3. The number of alkyl halides is 3. The fraction of sp³-hybridized carbons (Fsp3) is 0.250. The fourth-order valence-corrected chi connectivity index (χ4v) is 2.08. The predicted octanol–water partition coefficient (Wildman–Crippen LogP) is 3.50. The zero-order valence-electron chi connectivity index (χ0n) is 11.4. The third-order valence-electron chi connectivity index (χ3n) is 3.27. The summed E-state index contributed by atoms with van der Waals surface area (Å²) in [6.07, 6.45) is -4.31. The van der Waals surface area contributed by atoms with Crippen molar-refractivity contribution < 1.29 is 13.2 Å². The first kappa shape index (κ1) is 15.5. The minimum absolute atomic E-state index is 0.174. The lowest BCUT2D eigenvalue weighted by atomic mass is 10.0. The van der Waals surface area contributed by atoms with Crippen LogP contribution in [0.2, 0.25) is 0 Å². The highest BCUT2D eigenvalue weighted by atomic mass is 19.4. The molecule has 0 saturated heterocycles. The highest BCUT2D eigenvalue weighted by Crippen LogP contribution is 2.29. The molecule has 0 amide bonds. The summed E-state index contributed by atoms with van der Waals surface area (Å²) in [5.41, 5.74) is 6.91. The van der Waals surface area contributed by atoms with Crippen LogP contribution in [-0.2, 0) is 12.7 Å². The fourth-order valence-electron chi connectivity index (χ4n) is 2.08. The van der Waals surface area contributed by atoms with Gasteiger partial charge in [0, 0.05) is 19.1 Å². The van der Waals surface area contributed by atoms with Crippen molar-refractivity contribution in [1.82, 2.24) is 5.32 Å². The monoisotopic (exact) mass is 294 g/mol. The van der Waals surface area contributed by atoms with Gasteiger partial charge in [0.25, 0.3) is 0 Å². The first-order valence-corrected chi connectivity index (χ1v) is 6.65. The van der Waals surface area contributed by atoms with E-state index < -0.39 is 11.7 Å². The molecule has 112 valence electrons. The Bertz CT molecular complexity index is 550. The standard InChI is InChI=1S/C16H17F3N2/c17-16(18,19)14-8-6-13(7-9-14)15(10-20)21-11-12-4-2-1-3-5-12/h1-9,15,21H,10-11,20H2. The Morgan fingerprint density at radius 2 is 1.57 bits per heavy atom. The lowest BCUT2D eigenvalue weighted by Gasteiger charge is -2.18. The molecule has 1 atom stereocenters. The molecule has 2 aromatic carbocycles. The average Bonchev–Trinajstić information content (AvgIpc) is 2.48. The molecule has 21 heavy (non-hydrogen) atoms. The van der Waals surface area contributed by atoms with Gasteiger partial charge in [0.2, 0.25) is 0 Å². The van der Waals surface area contributed by atoms with Crippen molar-refractivity contribution >= 4 is 0 Å². The van der Waals surface area contributed by atoms with Gasteiger partial charge >= 0.3 is 6.18 Å². The SMILES string of the molecule is NCC(NCc1ccccc1)c1ccc(C(F)(F)F)cc1. The number of hydrogen-bond donors (Lipinski definition) is 2. The second-order valence-electron chi connectivity index (χ2n) is 4.77. The van der Waals surface area contributed by atoms with E-state index in [1.807, 2.05) is 30.3 Å². The van der Waals surface area contributed by atoms with Crippen molar-refractivity contribution in [2.75, 3.05) is 6.54 Å². The molecule has 0 heterocycles. The number of rotatable bonds is 5. The van der Waals surface area contributed by atoms with E-state index in [-0.39, 0.29) is 6.04 Å². The van der Waals surface area contributed by atoms with Crippen LogP contribution >= 0.6 is 0 Å². The molecule has 2 nitrogen and oxygen atoms in total. The second-order valence-corrected chi connectivity index (χ2v) is 4.77. The first-order chi connectivity index (χ1) is 10.0. The quantitative estimate of drug-likeness (QED) is 0.886. The van der Waals surface area contributed by atoms with Crippen molar-refractivity contribution in [3.05, 3.63) is 71.3 Å². The lowest BCUT2D eigenvalue weighted by Crippen LogP contribution is -2.27. The van der Waals surface area contributed by atoms with E-state index in [1.54, 1.807) is 0 Å². The van der Waals surface area contributed by atoms with Gasteiger partial charge in [0.15, 0.2) is 0 Å². The van der Waals surface area contributed by atoms with Crippen LogP contribution in [0.15, 0.2) is 54.6 Å². The molecule has 0 aromatic heterocycles. The van der Waals surface area contributed by atoms with Gasteiger partial charge < -0.3 is 11.1 Å². The van der Waals surface area contributed by atoms with Gasteiger partial charge in [-0.3, -0.25) is 0 Å². The maximum Gasteiger partial charge on any atom is 0.416 e. The Hall–Kier alpha value is -1.85. The predicted molar refractivity (Wildman–Crippen MR) is 76.5 cm³/mol. The van der Waals surface area contributed by atoms with Crippen LogP contribution in [0.3, 0.4) is 0 Å². The molecule has 0 radical (unpaired) electrons. The van der Waals surface area contributed by atoms with E-state index in [1.165, 1.54) is 12.1 Å². The largest absolute Gasteiger partial charge is 0.416 e. The van der Waals surface area contributed by atoms with Crippen LogP contribution in [-0.4, -0.2) is 6.54 Å². The summed E-state index contributed by atoms with van der Waals surface area (Å²) in [6, 6.07) is 14.7. The van der Waals surface area contributed by atoms with Crippen molar-refractivity contribution in [1.29, 1.82) is 0 Å². The summed E-state index contributed by atoms with van der Waals surface area (Å²) >= 11 is 0. The summed E-state index contributed by atoms with van der Waals surface area (Å²) in [6.45, 7) is 0.932. The minimum Gasteiger partial charge on any atom is -0.329 e. The molecule has 0 saturated carbocycles. The molecule has 2 aromatic rings. The highest BCUT2D eigenvalue weighted by molar-refractivity contribution is 5.27. The van der Waals surface area contributed by atoms with E-state index in [9.17, 15) is 13.2 Å². The van der Waals surface area contributed by atoms with Crippen LogP contribution in [0.25, 0.3) is 0 Å². The van der Waals surface area contributed by atoms with E-state index in [0.29, 0.717) is 13.1 Å². The van der Waals surface area contributed by atoms with Gasteiger partial charge in [-0.05, 0) is 23.3 Å². The number of nitrogens with one attached hydrogen (secondary N) is 1. The molecular weight excluding hydrogens is 277 g/mol. The Kier molecular flexibility index (Phi) is 4.98. The van der Waals surface area contributed by atoms with Gasteiger partial charge in [0.1, 0.15) is 0 Å². The van der Waals surface area contributed by atoms with Gasteiger partial charge in [-0.1, -0.05) is 42.5 Å². The molecule has 0 aliphatic rings. The first-order valence-electron chi connectivity index (χ1n) is 6.65. The normalized spacial score (nSPS) is 13.1. The van der Waals surface area contributed by atoms with Gasteiger partial charge in [0.05, 0.1) is 5.56 Å². The van der Waals surface area contributed by atoms with Gasteiger partial charge in [-0.25, -0.2) is 0 Å². The molecule has 5 heteroatoms. The van der Waals surface area contributed by atoms with E-state index >= 15 is 0 Å². The summed E-state index contributed by atoms with van der Waals surface area (Å²) < 4.78 is 37.6. The van der Waals surface area contributed by atoms with Crippen molar-refractivity contribution in [3.63, 3.8) is 0 Å². The summed E-state index contributed by atoms with van der Waals surface area (Å²) in [5.74, 6) is 0. The smallest absolute Gasteiger partial charge is 0.329 e. The van der Waals surface area contributed by atoms with Crippen LogP contribution in [0.4, 0.5) is 13.2 Å². The van der Waals surface area contributed by atoms with Crippen LogP contribution < -0.4 is 11.1 Å². The molecular formula is C16H17F3N2. The molecule has 3 N–H and O–H groups in total. The molecule has 0 aliphatic heterocycles. The number of hydrogen-bond acceptors (Lipinski definition) is 2. The maximum absolute atomic E-state index is 12.5. The van der Waals surface area contributed by atoms with Crippen LogP contribution in [0.1, 0.15) is 22.7 Å². The van der Waals surface area contributed by atoms with E-state index in [4.69, 9.17) is 5.73 Å². The third kappa shape index (κ3) is 4.31. The average molecular weight is 294 g/mol. The summed E-state index contributed by atoms with van der Waals surface area (Å²) in [4.78, 5) is 0. The molecule has 1 unspecified atom stereocenters. The highest BCUT2D eigenvalue weighted by Gasteiger charge is 2.30. The Labute approximate surface area is 121 Å². The number of nitrogens with two attached hydrogens (primary N) is 1. The number of halogens is 3. The molecule has 2 rings (SSSR count). The van der Waals surface area contributed by atoms with Gasteiger partial charge in [-0.15, -0.1) is 0 Å². The summed E-state index contributed by atoms with van der Waals surface area (Å²) in [7, 11) is 0. The second kappa shape index (κ2) is 6.74. The number of benzene rings is 2. The molecule has 0 aliphatic carbocycles. The molecule has 0 fully saturated rings. The van der Waals surface area contributed by atoms with Crippen LogP contribution in [0, 0.1) is 0 Å². The van der Waals surface area contributed by atoms with Crippen molar-refractivity contribution in [3.8, 4) is 0 Å². The lowest BCUT2D eigenvalue weighted by molar-refractivity contribution is -0.137. The summed E-state index contributed by atoms with van der Waals surface area (Å²) in [5, 5.41) is 3.25. The van der Waals surface area contributed by atoms with Crippen LogP contribution in [0.5, 0.6) is 0 Å². The minimum atomic E-state index is -4.31. The van der Waals surface area contributed by atoms with Crippen molar-refractivity contribution in [2.24, 2.45) is 5.73 Å². The topological polar surface area (TPSA) is 38.0 Å². The van der Waals surface area contributed by atoms with E-state index in [2.05, 4.69) is 5.32 Å².